The van der Waals surface area contributed by atoms with E-state index in [1.165, 1.54) is 0 Å². The third-order valence-corrected chi connectivity index (χ3v) is 4.02. The predicted molar refractivity (Wildman–Crippen MR) is 95.7 cm³/mol. The van der Waals surface area contributed by atoms with Gasteiger partial charge >= 0.3 is 5.97 Å². The van der Waals surface area contributed by atoms with Gasteiger partial charge in [-0.2, -0.15) is 0 Å². The quantitative estimate of drug-likeness (QED) is 0.660. The Balaban J connectivity index is 1.90. The van der Waals surface area contributed by atoms with Gasteiger partial charge in [0.25, 0.3) is 0 Å². The number of benzene rings is 1. The minimum atomic E-state index is -0.353. The molecule has 0 spiro atoms. The van der Waals surface area contributed by atoms with E-state index in [1.807, 2.05) is 41.8 Å². The molecular formula is C20H21N3O2. The monoisotopic (exact) mass is 335 g/mol. The van der Waals surface area contributed by atoms with E-state index in [0.29, 0.717) is 11.4 Å². The molecule has 0 aliphatic rings. The van der Waals surface area contributed by atoms with Crippen LogP contribution in [0.3, 0.4) is 0 Å². The van der Waals surface area contributed by atoms with Crippen LogP contribution < -0.4 is 0 Å². The second-order valence-corrected chi connectivity index (χ2v) is 6.14. The van der Waals surface area contributed by atoms with E-state index in [9.17, 15) is 4.79 Å². The van der Waals surface area contributed by atoms with Gasteiger partial charge in [0.1, 0.15) is 6.61 Å². The van der Waals surface area contributed by atoms with Gasteiger partial charge in [0.05, 0.1) is 16.9 Å². The number of aromatic nitrogens is 3. The van der Waals surface area contributed by atoms with Crippen molar-refractivity contribution in [1.29, 1.82) is 0 Å². The number of esters is 1. The van der Waals surface area contributed by atoms with Gasteiger partial charge in [0, 0.05) is 18.1 Å². The molecular weight excluding hydrogens is 314 g/mol. The molecule has 0 aliphatic carbocycles. The minimum absolute atomic E-state index is 0.115. The average Bonchev–Trinajstić information content (AvgIpc) is 2.97. The number of imidazole rings is 1. The molecule has 25 heavy (non-hydrogen) atoms. The van der Waals surface area contributed by atoms with Crippen molar-refractivity contribution in [3.8, 4) is 5.69 Å². The van der Waals surface area contributed by atoms with Crippen molar-refractivity contribution in [2.75, 3.05) is 0 Å². The summed E-state index contributed by atoms with van der Waals surface area (Å²) in [5.41, 5.74) is 3.54. The standard InChI is InChI=1S/C20H21N3O2/c1-14(2)19-15(3)23(17-9-11-21-12-10-17)18(22-19)13-25-20(24)16-7-5-4-6-8-16/h4-12,14H,13H2,1-3H3. The molecule has 5 nitrogen and oxygen atoms in total. The Morgan fingerprint density at radius 1 is 1.12 bits per heavy atom. The lowest BCUT2D eigenvalue weighted by molar-refractivity contribution is 0.0460. The van der Waals surface area contributed by atoms with Gasteiger partial charge in [-0.3, -0.25) is 9.55 Å². The lowest BCUT2D eigenvalue weighted by Crippen LogP contribution is -2.09. The normalized spacial score (nSPS) is 10.9. The summed E-state index contributed by atoms with van der Waals surface area (Å²) in [6.07, 6.45) is 3.48. The van der Waals surface area contributed by atoms with E-state index < -0.39 is 0 Å². The second-order valence-electron chi connectivity index (χ2n) is 6.14. The molecule has 0 saturated carbocycles. The Kier molecular flexibility index (Phi) is 4.93. The molecule has 0 unspecified atom stereocenters. The zero-order chi connectivity index (χ0) is 17.8. The molecule has 0 atom stereocenters. The maximum Gasteiger partial charge on any atom is 0.338 e. The van der Waals surface area contributed by atoms with Crippen LogP contribution in [0.1, 0.15) is 47.3 Å². The molecule has 128 valence electrons. The Morgan fingerprint density at radius 3 is 2.44 bits per heavy atom. The highest BCUT2D eigenvalue weighted by atomic mass is 16.5. The highest BCUT2D eigenvalue weighted by Crippen LogP contribution is 2.24. The Morgan fingerprint density at radius 2 is 1.80 bits per heavy atom. The lowest BCUT2D eigenvalue weighted by Gasteiger charge is -2.11. The van der Waals surface area contributed by atoms with Gasteiger partial charge in [-0.05, 0) is 37.1 Å². The summed E-state index contributed by atoms with van der Waals surface area (Å²) in [7, 11) is 0. The van der Waals surface area contributed by atoms with Crippen LogP contribution in [0.5, 0.6) is 0 Å². The molecule has 0 amide bonds. The Bertz CT molecular complexity index is 855. The number of nitrogens with zero attached hydrogens (tertiary/aromatic N) is 3. The Hall–Kier alpha value is -2.95. The van der Waals surface area contributed by atoms with Crippen molar-refractivity contribution >= 4 is 5.97 Å². The topological polar surface area (TPSA) is 57.0 Å². The molecule has 0 saturated heterocycles. The fourth-order valence-electron chi connectivity index (χ4n) is 2.85. The van der Waals surface area contributed by atoms with Crippen LogP contribution >= 0.6 is 0 Å². The van der Waals surface area contributed by atoms with Crippen LogP contribution in [0.4, 0.5) is 0 Å². The van der Waals surface area contributed by atoms with Gasteiger partial charge in [0.2, 0.25) is 0 Å². The van der Waals surface area contributed by atoms with Gasteiger partial charge in [-0.15, -0.1) is 0 Å². The molecule has 0 N–H and O–H groups in total. The molecule has 2 heterocycles. The third kappa shape index (κ3) is 3.60. The number of carbonyl (C=O) groups excluding carboxylic acids is 1. The summed E-state index contributed by atoms with van der Waals surface area (Å²) in [4.78, 5) is 21.0. The molecule has 0 aliphatic heterocycles. The van der Waals surface area contributed by atoms with Crippen LogP contribution in [0.15, 0.2) is 54.9 Å². The molecule has 3 rings (SSSR count). The van der Waals surface area contributed by atoms with Gasteiger partial charge < -0.3 is 4.74 Å². The molecule has 0 fully saturated rings. The number of ether oxygens (including phenoxy) is 1. The summed E-state index contributed by atoms with van der Waals surface area (Å²) in [5.74, 6) is 0.636. The fourth-order valence-corrected chi connectivity index (χ4v) is 2.85. The second kappa shape index (κ2) is 7.30. The SMILES string of the molecule is Cc1c(C(C)C)nc(COC(=O)c2ccccc2)n1-c1ccncc1. The number of carbonyl (C=O) groups is 1. The highest BCUT2D eigenvalue weighted by Gasteiger charge is 2.19. The molecule has 3 aromatic rings. The van der Waals surface area contributed by atoms with Crippen molar-refractivity contribution in [3.63, 3.8) is 0 Å². The third-order valence-electron chi connectivity index (χ3n) is 4.02. The number of pyridine rings is 1. The molecule has 0 bridgehead atoms. The molecule has 1 aromatic carbocycles. The molecule has 5 heteroatoms. The van der Waals surface area contributed by atoms with Crippen molar-refractivity contribution in [3.05, 3.63) is 77.6 Å². The van der Waals surface area contributed by atoms with Gasteiger partial charge in [-0.25, -0.2) is 9.78 Å². The number of rotatable bonds is 5. The minimum Gasteiger partial charge on any atom is -0.454 e. The first-order valence-electron chi connectivity index (χ1n) is 8.28. The van der Waals surface area contributed by atoms with Crippen LogP contribution in [0.25, 0.3) is 5.69 Å². The summed E-state index contributed by atoms with van der Waals surface area (Å²) in [6, 6.07) is 12.8. The zero-order valence-electron chi connectivity index (χ0n) is 14.6. The van der Waals surface area contributed by atoms with Crippen LogP contribution in [-0.2, 0) is 11.3 Å². The van der Waals surface area contributed by atoms with Crippen molar-refractivity contribution < 1.29 is 9.53 Å². The van der Waals surface area contributed by atoms with E-state index in [2.05, 4.69) is 18.8 Å². The van der Waals surface area contributed by atoms with E-state index in [4.69, 9.17) is 9.72 Å². The number of hydrogen-bond donors (Lipinski definition) is 0. The van der Waals surface area contributed by atoms with Crippen LogP contribution in [0.2, 0.25) is 0 Å². The van der Waals surface area contributed by atoms with E-state index in [1.54, 1.807) is 24.5 Å². The van der Waals surface area contributed by atoms with Crippen LogP contribution in [-0.4, -0.2) is 20.5 Å². The van der Waals surface area contributed by atoms with Crippen molar-refractivity contribution in [2.24, 2.45) is 0 Å². The predicted octanol–water partition coefficient (Wildman–Crippen LogP) is 4.06. The average molecular weight is 335 g/mol. The first-order chi connectivity index (χ1) is 12.1. The van der Waals surface area contributed by atoms with Gasteiger partial charge in [-0.1, -0.05) is 32.0 Å². The summed E-state index contributed by atoms with van der Waals surface area (Å²) in [5, 5.41) is 0. The maximum absolute atomic E-state index is 12.2. The summed E-state index contributed by atoms with van der Waals surface area (Å²) < 4.78 is 7.51. The Labute approximate surface area is 147 Å². The lowest BCUT2D eigenvalue weighted by atomic mass is 10.1. The smallest absolute Gasteiger partial charge is 0.338 e. The van der Waals surface area contributed by atoms with E-state index >= 15 is 0 Å². The largest absolute Gasteiger partial charge is 0.454 e. The fraction of sp³-hybridized carbons (Fsp3) is 0.250. The zero-order valence-corrected chi connectivity index (χ0v) is 14.6. The highest BCUT2D eigenvalue weighted by molar-refractivity contribution is 5.89. The molecule has 2 aromatic heterocycles. The van der Waals surface area contributed by atoms with Crippen molar-refractivity contribution in [1.82, 2.24) is 14.5 Å². The molecule has 0 radical (unpaired) electrons. The summed E-state index contributed by atoms with van der Waals surface area (Å²) >= 11 is 0. The van der Waals surface area contributed by atoms with E-state index in [0.717, 1.165) is 17.1 Å². The first-order valence-corrected chi connectivity index (χ1v) is 8.28. The van der Waals surface area contributed by atoms with Crippen LogP contribution in [0, 0.1) is 6.92 Å². The maximum atomic E-state index is 12.2. The summed E-state index contributed by atoms with van der Waals surface area (Å²) in [6.45, 7) is 6.35. The van der Waals surface area contributed by atoms with Crippen molar-refractivity contribution in [2.45, 2.75) is 33.3 Å². The van der Waals surface area contributed by atoms with E-state index in [-0.39, 0.29) is 18.5 Å². The first kappa shape index (κ1) is 16.9. The number of hydrogen-bond acceptors (Lipinski definition) is 4. The van der Waals surface area contributed by atoms with Gasteiger partial charge in [0.15, 0.2) is 5.82 Å².